The third-order valence-electron chi connectivity index (χ3n) is 4.80. The highest BCUT2D eigenvalue weighted by atomic mass is 16.2. The molecular formula is C18H21N7O. The summed E-state index contributed by atoms with van der Waals surface area (Å²) >= 11 is 0. The Labute approximate surface area is 151 Å². The van der Waals surface area contributed by atoms with Gasteiger partial charge in [-0.25, -0.2) is 9.97 Å². The van der Waals surface area contributed by atoms with Gasteiger partial charge in [-0.1, -0.05) is 0 Å². The van der Waals surface area contributed by atoms with E-state index in [4.69, 9.17) is 0 Å². The van der Waals surface area contributed by atoms with E-state index in [1.807, 2.05) is 24.9 Å². The maximum Gasteiger partial charge on any atom is 0.274 e. The first-order valence-electron chi connectivity index (χ1n) is 8.62. The Balaban J connectivity index is 1.65. The molecule has 0 spiro atoms. The van der Waals surface area contributed by atoms with E-state index in [0.29, 0.717) is 24.5 Å². The molecule has 1 fully saturated rings. The average molecular weight is 351 g/mol. The number of likely N-dealkylation sites (N-methyl/N-ethyl adjacent to an activating group) is 1. The molecule has 4 rings (SSSR count). The van der Waals surface area contributed by atoms with Gasteiger partial charge in [-0.15, -0.1) is 0 Å². The van der Waals surface area contributed by atoms with Crippen molar-refractivity contribution < 1.29 is 4.79 Å². The van der Waals surface area contributed by atoms with Crippen LogP contribution in [0.3, 0.4) is 0 Å². The minimum atomic E-state index is -0.0703. The van der Waals surface area contributed by atoms with E-state index in [1.54, 1.807) is 17.1 Å². The monoisotopic (exact) mass is 351 g/mol. The molecule has 1 aliphatic rings. The zero-order chi connectivity index (χ0) is 18.3. The van der Waals surface area contributed by atoms with Gasteiger partial charge in [0.2, 0.25) is 0 Å². The van der Waals surface area contributed by atoms with Crippen LogP contribution in [0.2, 0.25) is 0 Å². The van der Waals surface area contributed by atoms with Crippen molar-refractivity contribution in [1.29, 1.82) is 0 Å². The first kappa shape index (κ1) is 16.6. The second-order valence-electron chi connectivity index (χ2n) is 6.69. The molecule has 1 aliphatic heterocycles. The van der Waals surface area contributed by atoms with Crippen molar-refractivity contribution in [3.05, 3.63) is 36.0 Å². The lowest BCUT2D eigenvalue weighted by atomic mass is 10.1. The minimum Gasteiger partial charge on any atom is -0.335 e. The van der Waals surface area contributed by atoms with Crippen LogP contribution >= 0.6 is 0 Å². The molecule has 1 amide bonds. The van der Waals surface area contributed by atoms with E-state index in [0.717, 1.165) is 35.4 Å². The second-order valence-corrected chi connectivity index (χ2v) is 6.69. The number of piperazine rings is 1. The molecule has 0 saturated carbocycles. The van der Waals surface area contributed by atoms with Crippen LogP contribution in [-0.2, 0) is 7.05 Å². The summed E-state index contributed by atoms with van der Waals surface area (Å²) < 4.78 is 1.76. The van der Waals surface area contributed by atoms with E-state index >= 15 is 0 Å². The average Bonchev–Trinajstić information content (AvgIpc) is 2.95. The normalized spacial score (nSPS) is 15.6. The molecule has 0 radical (unpaired) electrons. The molecule has 8 heteroatoms. The summed E-state index contributed by atoms with van der Waals surface area (Å²) in [6.07, 6.45) is 4.94. The molecule has 0 atom stereocenters. The van der Waals surface area contributed by atoms with Gasteiger partial charge >= 0.3 is 0 Å². The zero-order valence-corrected chi connectivity index (χ0v) is 15.2. The third kappa shape index (κ3) is 2.92. The smallest absolute Gasteiger partial charge is 0.274 e. The van der Waals surface area contributed by atoms with E-state index in [9.17, 15) is 4.79 Å². The standard InChI is InChI=1S/C18H21N7O/c1-12-14-8-13(9-20-17(14)24(3)22-12)15-10-19-11-16(21-15)18(26)25-6-4-23(2)5-7-25/h8-11H,4-7H2,1-3H3. The van der Waals surface area contributed by atoms with Crippen LogP contribution in [0.4, 0.5) is 0 Å². The number of pyridine rings is 1. The van der Waals surface area contributed by atoms with Crippen LogP contribution in [0, 0.1) is 6.92 Å². The summed E-state index contributed by atoms with van der Waals surface area (Å²) in [7, 11) is 3.93. The number of aryl methyl sites for hydroxylation is 2. The molecule has 0 aromatic carbocycles. The molecule has 0 bridgehead atoms. The van der Waals surface area contributed by atoms with Crippen LogP contribution in [-0.4, -0.2) is 73.7 Å². The van der Waals surface area contributed by atoms with Crippen molar-refractivity contribution in [3.63, 3.8) is 0 Å². The van der Waals surface area contributed by atoms with Crippen molar-refractivity contribution >= 4 is 16.9 Å². The number of fused-ring (bicyclic) bond motifs is 1. The van der Waals surface area contributed by atoms with Crippen LogP contribution in [0.1, 0.15) is 16.2 Å². The highest BCUT2D eigenvalue weighted by molar-refractivity contribution is 5.92. The van der Waals surface area contributed by atoms with Gasteiger partial charge in [0.1, 0.15) is 5.69 Å². The van der Waals surface area contributed by atoms with Crippen LogP contribution in [0.5, 0.6) is 0 Å². The Morgan fingerprint density at radius 2 is 1.85 bits per heavy atom. The molecule has 134 valence electrons. The van der Waals surface area contributed by atoms with Gasteiger partial charge in [-0.3, -0.25) is 14.5 Å². The SMILES string of the molecule is Cc1nn(C)c2ncc(-c3cncc(C(=O)N4CCN(C)CC4)n3)cc12. The van der Waals surface area contributed by atoms with Crippen LogP contribution < -0.4 is 0 Å². The molecule has 0 N–H and O–H groups in total. The summed E-state index contributed by atoms with van der Waals surface area (Å²) in [5.74, 6) is -0.0703. The van der Waals surface area contributed by atoms with Gasteiger partial charge in [0.15, 0.2) is 5.65 Å². The number of hydrogen-bond donors (Lipinski definition) is 0. The number of nitrogens with zero attached hydrogens (tertiary/aromatic N) is 7. The van der Waals surface area contributed by atoms with Gasteiger partial charge in [0, 0.05) is 50.4 Å². The Bertz CT molecular complexity index is 973. The largest absolute Gasteiger partial charge is 0.335 e. The molecule has 4 heterocycles. The third-order valence-corrected chi connectivity index (χ3v) is 4.80. The lowest BCUT2D eigenvalue weighted by Crippen LogP contribution is -2.47. The topological polar surface area (TPSA) is 80.0 Å². The first-order chi connectivity index (χ1) is 12.5. The number of rotatable bonds is 2. The fraction of sp³-hybridized carbons (Fsp3) is 0.389. The minimum absolute atomic E-state index is 0.0703. The summed E-state index contributed by atoms with van der Waals surface area (Å²) in [6.45, 7) is 5.12. The Morgan fingerprint density at radius 3 is 2.62 bits per heavy atom. The molecule has 0 unspecified atom stereocenters. The predicted octanol–water partition coefficient (Wildman–Crippen LogP) is 1.12. The highest BCUT2D eigenvalue weighted by Crippen LogP contribution is 2.23. The summed E-state index contributed by atoms with van der Waals surface area (Å²) in [5, 5.41) is 5.37. The van der Waals surface area contributed by atoms with E-state index in [2.05, 4.69) is 32.0 Å². The number of aromatic nitrogens is 5. The summed E-state index contributed by atoms with van der Waals surface area (Å²) in [5.41, 5.74) is 3.57. The van der Waals surface area contributed by atoms with E-state index < -0.39 is 0 Å². The molecule has 1 saturated heterocycles. The van der Waals surface area contributed by atoms with Crippen molar-refractivity contribution in [3.8, 4) is 11.3 Å². The quantitative estimate of drug-likeness (QED) is 0.688. The van der Waals surface area contributed by atoms with E-state index in [-0.39, 0.29) is 5.91 Å². The Hall–Kier alpha value is -2.87. The van der Waals surface area contributed by atoms with Crippen LogP contribution in [0.25, 0.3) is 22.3 Å². The van der Waals surface area contributed by atoms with Gasteiger partial charge < -0.3 is 9.80 Å². The first-order valence-corrected chi connectivity index (χ1v) is 8.62. The van der Waals surface area contributed by atoms with Crippen molar-refractivity contribution in [2.75, 3.05) is 33.2 Å². The van der Waals surface area contributed by atoms with Gasteiger partial charge in [0.25, 0.3) is 5.91 Å². The summed E-state index contributed by atoms with van der Waals surface area (Å²) in [6, 6.07) is 2.00. The number of hydrogen-bond acceptors (Lipinski definition) is 6. The highest BCUT2D eigenvalue weighted by Gasteiger charge is 2.22. The lowest BCUT2D eigenvalue weighted by Gasteiger charge is -2.32. The van der Waals surface area contributed by atoms with Crippen molar-refractivity contribution in [2.45, 2.75) is 6.92 Å². The molecule has 0 aliphatic carbocycles. The maximum atomic E-state index is 12.7. The predicted molar refractivity (Wildman–Crippen MR) is 97.7 cm³/mol. The Kier molecular flexibility index (Phi) is 4.12. The zero-order valence-electron chi connectivity index (χ0n) is 15.2. The molecule has 26 heavy (non-hydrogen) atoms. The number of amides is 1. The van der Waals surface area contributed by atoms with Gasteiger partial charge in [-0.05, 0) is 20.0 Å². The number of carbonyl (C=O) groups is 1. The van der Waals surface area contributed by atoms with Gasteiger partial charge in [-0.2, -0.15) is 5.10 Å². The van der Waals surface area contributed by atoms with E-state index in [1.165, 1.54) is 6.20 Å². The Morgan fingerprint density at radius 1 is 1.08 bits per heavy atom. The molecule has 3 aromatic heterocycles. The van der Waals surface area contributed by atoms with Crippen molar-refractivity contribution in [2.24, 2.45) is 7.05 Å². The fourth-order valence-electron chi connectivity index (χ4n) is 3.23. The second kappa shape index (κ2) is 6.45. The molecule has 3 aromatic rings. The molecule has 8 nitrogen and oxygen atoms in total. The lowest BCUT2D eigenvalue weighted by molar-refractivity contribution is 0.0658. The summed E-state index contributed by atoms with van der Waals surface area (Å²) in [4.78, 5) is 30.0. The fourth-order valence-corrected chi connectivity index (χ4v) is 3.23. The molecular weight excluding hydrogens is 330 g/mol. The van der Waals surface area contributed by atoms with Gasteiger partial charge in [0.05, 0.1) is 23.8 Å². The van der Waals surface area contributed by atoms with Crippen LogP contribution in [0.15, 0.2) is 24.7 Å². The number of carbonyl (C=O) groups excluding carboxylic acids is 1. The van der Waals surface area contributed by atoms with Crippen molar-refractivity contribution in [1.82, 2.24) is 34.5 Å². The maximum absolute atomic E-state index is 12.7.